The maximum atomic E-state index is 3.69. The van der Waals surface area contributed by atoms with E-state index < -0.39 is 0 Å². The Bertz CT molecular complexity index is 550. The third-order valence-corrected chi connectivity index (χ3v) is 4.00. The molecule has 0 saturated carbocycles. The van der Waals surface area contributed by atoms with Crippen molar-refractivity contribution in [1.82, 2.24) is 0 Å². The molecule has 0 aliphatic carbocycles. The van der Waals surface area contributed by atoms with E-state index in [9.17, 15) is 0 Å². The molecule has 0 aromatic heterocycles. The highest BCUT2D eigenvalue weighted by atomic mass is 32.2. The Balaban J connectivity index is 2.36. The summed E-state index contributed by atoms with van der Waals surface area (Å²) in [5.74, 6) is 0. The van der Waals surface area contributed by atoms with Crippen LogP contribution in [0, 0.1) is 6.92 Å². The van der Waals surface area contributed by atoms with Crippen LogP contribution >= 0.6 is 11.8 Å². The lowest BCUT2D eigenvalue weighted by Crippen LogP contribution is -2.00. The van der Waals surface area contributed by atoms with Gasteiger partial charge >= 0.3 is 0 Å². The molecular formula is C16H17NS. The van der Waals surface area contributed by atoms with E-state index in [0.717, 1.165) is 0 Å². The minimum atomic E-state index is 1.18. The van der Waals surface area contributed by atoms with Crippen molar-refractivity contribution < 1.29 is 0 Å². The first-order chi connectivity index (χ1) is 8.76. The van der Waals surface area contributed by atoms with Crippen LogP contribution in [0.1, 0.15) is 18.1 Å². The lowest BCUT2D eigenvalue weighted by Gasteiger charge is -2.19. The highest BCUT2D eigenvalue weighted by Crippen LogP contribution is 2.40. The first-order valence-corrected chi connectivity index (χ1v) is 6.78. The van der Waals surface area contributed by atoms with Crippen LogP contribution in [0.3, 0.4) is 0 Å². The molecule has 2 heteroatoms. The van der Waals surface area contributed by atoms with Crippen molar-refractivity contribution in [2.24, 2.45) is 0 Å². The van der Waals surface area contributed by atoms with E-state index in [1.54, 1.807) is 17.8 Å². The number of fused-ring (bicyclic) bond motifs is 1. The average molecular weight is 255 g/mol. The number of hydrogen-bond acceptors (Lipinski definition) is 2. The van der Waals surface area contributed by atoms with Crippen molar-refractivity contribution in [2.45, 2.75) is 18.7 Å². The molecule has 1 nitrogen and oxygen atoms in total. The van der Waals surface area contributed by atoms with E-state index in [0.29, 0.717) is 0 Å². The molecule has 0 bridgehead atoms. The second kappa shape index (κ2) is 5.78. The summed E-state index contributed by atoms with van der Waals surface area (Å²) in [5, 5.41) is 3.34. The van der Waals surface area contributed by atoms with Gasteiger partial charge in [-0.25, -0.2) is 0 Å². The number of hydrogen-bond donors (Lipinski definition) is 1. The van der Waals surface area contributed by atoms with E-state index in [1.165, 1.54) is 26.6 Å². The van der Waals surface area contributed by atoms with E-state index in [4.69, 9.17) is 0 Å². The molecule has 1 aromatic carbocycles. The van der Waals surface area contributed by atoms with Gasteiger partial charge in [0, 0.05) is 16.0 Å². The van der Waals surface area contributed by atoms with Crippen molar-refractivity contribution >= 4 is 23.5 Å². The first kappa shape index (κ1) is 12.8. The molecule has 0 fully saturated rings. The number of rotatable bonds is 3. The van der Waals surface area contributed by atoms with Gasteiger partial charge in [-0.3, -0.25) is 0 Å². The summed E-state index contributed by atoms with van der Waals surface area (Å²) in [6.45, 7) is 7.91. The summed E-state index contributed by atoms with van der Waals surface area (Å²) in [6.07, 6.45) is 12.1. The molecule has 1 aromatic rings. The molecule has 1 N–H and O–H groups in total. The topological polar surface area (TPSA) is 12.0 Å². The van der Waals surface area contributed by atoms with E-state index in [1.807, 2.05) is 19.2 Å². The number of benzene rings is 1. The number of thioether (sulfide) groups is 1. The molecule has 2 rings (SSSR count). The maximum absolute atomic E-state index is 3.69. The van der Waals surface area contributed by atoms with Crippen molar-refractivity contribution in [1.29, 1.82) is 0 Å². The van der Waals surface area contributed by atoms with E-state index in [-0.39, 0.29) is 0 Å². The van der Waals surface area contributed by atoms with Gasteiger partial charge in [0.1, 0.15) is 0 Å². The predicted octanol–water partition coefficient (Wildman–Crippen LogP) is 5.13. The molecule has 0 atom stereocenters. The van der Waals surface area contributed by atoms with Gasteiger partial charge in [-0.2, -0.15) is 0 Å². The zero-order valence-electron chi connectivity index (χ0n) is 10.7. The summed E-state index contributed by atoms with van der Waals surface area (Å²) in [5.41, 5.74) is 3.78. The summed E-state index contributed by atoms with van der Waals surface area (Å²) in [7, 11) is 0. The fraction of sp³-hybridized carbons (Fsp3) is 0.125. The SMILES string of the molecule is C=C/C=C\C1=CNc2ccc(/C=C\C)c(C)c2S1. The van der Waals surface area contributed by atoms with E-state index in [2.05, 4.69) is 49.2 Å². The smallest absolute Gasteiger partial charge is 0.0525 e. The quantitative estimate of drug-likeness (QED) is 0.751. The Hall–Kier alpha value is -1.67. The lowest BCUT2D eigenvalue weighted by molar-refractivity contribution is 1.27. The molecule has 0 unspecified atom stereocenters. The van der Waals surface area contributed by atoms with Crippen molar-refractivity contribution in [3.05, 3.63) is 65.2 Å². The molecule has 0 saturated heterocycles. The standard InChI is InChI=1S/C16H17NS/c1-4-6-8-14-11-17-15-10-9-13(7-5-2)12(3)16(15)18-14/h4-11,17H,1H2,2-3H3/b7-5-,8-6-. The summed E-state index contributed by atoms with van der Waals surface area (Å²) >= 11 is 1.79. The van der Waals surface area contributed by atoms with Gasteiger partial charge in [-0.15, -0.1) is 0 Å². The Morgan fingerprint density at radius 1 is 1.28 bits per heavy atom. The van der Waals surface area contributed by atoms with Crippen LogP contribution in [-0.4, -0.2) is 0 Å². The van der Waals surface area contributed by atoms with Crippen LogP contribution < -0.4 is 5.32 Å². The fourth-order valence-corrected chi connectivity index (χ4v) is 2.86. The van der Waals surface area contributed by atoms with Crippen LogP contribution in [0.5, 0.6) is 0 Å². The zero-order chi connectivity index (χ0) is 13.0. The Kier molecular flexibility index (Phi) is 4.11. The summed E-state index contributed by atoms with van der Waals surface area (Å²) in [6, 6.07) is 4.29. The van der Waals surface area contributed by atoms with Crippen LogP contribution in [0.15, 0.2) is 59.0 Å². The van der Waals surface area contributed by atoms with Crippen molar-refractivity contribution in [3.8, 4) is 0 Å². The number of anilines is 1. The molecule has 18 heavy (non-hydrogen) atoms. The normalized spacial score (nSPS) is 14.4. The number of allylic oxidation sites excluding steroid dienone is 4. The van der Waals surface area contributed by atoms with Gasteiger partial charge in [0.05, 0.1) is 5.69 Å². The molecule has 0 amide bonds. The Morgan fingerprint density at radius 2 is 2.11 bits per heavy atom. The van der Waals surface area contributed by atoms with Crippen LogP contribution in [0.4, 0.5) is 5.69 Å². The Morgan fingerprint density at radius 3 is 2.83 bits per heavy atom. The van der Waals surface area contributed by atoms with Crippen LogP contribution in [0.25, 0.3) is 6.08 Å². The third kappa shape index (κ3) is 2.59. The fourth-order valence-electron chi connectivity index (χ4n) is 1.85. The summed E-state index contributed by atoms with van der Waals surface area (Å²) < 4.78 is 0. The van der Waals surface area contributed by atoms with Crippen molar-refractivity contribution in [3.63, 3.8) is 0 Å². The van der Waals surface area contributed by atoms with Gasteiger partial charge in [-0.1, -0.05) is 48.7 Å². The third-order valence-electron chi connectivity index (χ3n) is 2.78. The highest BCUT2D eigenvalue weighted by Gasteiger charge is 2.13. The molecule has 1 aliphatic heterocycles. The van der Waals surface area contributed by atoms with Crippen LogP contribution in [-0.2, 0) is 0 Å². The van der Waals surface area contributed by atoms with Gasteiger partial charge in [0.15, 0.2) is 0 Å². The molecule has 1 aliphatic rings. The lowest BCUT2D eigenvalue weighted by atomic mass is 10.1. The maximum Gasteiger partial charge on any atom is 0.0525 e. The second-order valence-electron chi connectivity index (χ2n) is 4.04. The zero-order valence-corrected chi connectivity index (χ0v) is 11.6. The largest absolute Gasteiger partial charge is 0.360 e. The molecule has 0 radical (unpaired) electrons. The van der Waals surface area contributed by atoms with Gasteiger partial charge in [0.25, 0.3) is 0 Å². The average Bonchev–Trinajstić information content (AvgIpc) is 2.40. The highest BCUT2D eigenvalue weighted by molar-refractivity contribution is 8.03. The van der Waals surface area contributed by atoms with Crippen LogP contribution in [0.2, 0.25) is 0 Å². The van der Waals surface area contributed by atoms with Gasteiger partial charge in [0.2, 0.25) is 0 Å². The molecule has 0 spiro atoms. The minimum absolute atomic E-state index is 1.18. The molecular weight excluding hydrogens is 238 g/mol. The monoisotopic (exact) mass is 255 g/mol. The molecule has 92 valence electrons. The number of nitrogens with one attached hydrogen (secondary N) is 1. The first-order valence-electron chi connectivity index (χ1n) is 5.96. The Labute approximate surface area is 113 Å². The predicted molar refractivity (Wildman–Crippen MR) is 82.8 cm³/mol. The minimum Gasteiger partial charge on any atom is -0.360 e. The van der Waals surface area contributed by atoms with Gasteiger partial charge in [-0.05, 0) is 37.1 Å². The van der Waals surface area contributed by atoms with Gasteiger partial charge < -0.3 is 5.32 Å². The second-order valence-corrected chi connectivity index (χ2v) is 5.13. The van der Waals surface area contributed by atoms with E-state index >= 15 is 0 Å². The molecule has 1 heterocycles. The summed E-state index contributed by atoms with van der Waals surface area (Å²) in [4.78, 5) is 2.50. The van der Waals surface area contributed by atoms with Crippen molar-refractivity contribution in [2.75, 3.05) is 5.32 Å².